The van der Waals surface area contributed by atoms with E-state index in [1.165, 1.54) is 0 Å². The van der Waals surface area contributed by atoms with E-state index in [1.54, 1.807) is 25.1 Å². The summed E-state index contributed by atoms with van der Waals surface area (Å²) in [4.78, 5) is 0.333. The number of hydrogen-bond donors (Lipinski definition) is 1. The average molecular weight is 248 g/mol. The van der Waals surface area contributed by atoms with E-state index in [2.05, 4.69) is 4.72 Å². The smallest absolute Gasteiger partial charge is 0.211 e. The fourth-order valence-electron chi connectivity index (χ4n) is 1.21. The summed E-state index contributed by atoms with van der Waals surface area (Å²) in [6.07, 6.45) is 0.632. The first kappa shape index (κ1) is 12.5. The monoisotopic (exact) mass is 247 g/mol. The first-order valence-corrected chi connectivity index (χ1v) is 6.71. The zero-order valence-electron chi connectivity index (χ0n) is 8.53. The molecule has 3 nitrogen and oxygen atoms in total. The highest BCUT2D eigenvalue weighted by atomic mass is 35.5. The number of alkyl halides is 1. The van der Waals surface area contributed by atoms with Crippen molar-refractivity contribution in [3.63, 3.8) is 0 Å². The van der Waals surface area contributed by atoms with Crippen molar-refractivity contribution >= 4 is 21.6 Å². The van der Waals surface area contributed by atoms with Crippen LogP contribution in [0.2, 0.25) is 0 Å². The van der Waals surface area contributed by atoms with E-state index in [0.29, 0.717) is 23.7 Å². The molecule has 1 N–H and O–H groups in total. The molecule has 0 aromatic heterocycles. The van der Waals surface area contributed by atoms with Crippen LogP contribution in [0.4, 0.5) is 0 Å². The molecular formula is C10H14ClNO2S. The molecule has 0 unspecified atom stereocenters. The standard InChI is InChI=1S/C10H14ClNO2S/c1-9-5-2-3-6-10(9)15(13,14)12-8-4-7-11/h2-3,5-6,12H,4,7-8H2,1H3. The van der Waals surface area contributed by atoms with Gasteiger partial charge in [0.05, 0.1) is 4.90 Å². The molecule has 5 heteroatoms. The van der Waals surface area contributed by atoms with Gasteiger partial charge in [0.2, 0.25) is 10.0 Å². The molecule has 1 rings (SSSR count). The predicted octanol–water partition coefficient (Wildman–Crippen LogP) is 1.90. The first-order valence-electron chi connectivity index (χ1n) is 4.69. The Kier molecular flexibility index (Phi) is 4.57. The van der Waals surface area contributed by atoms with Crippen molar-refractivity contribution in [2.24, 2.45) is 0 Å². The number of halogens is 1. The van der Waals surface area contributed by atoms with Crippen LogP contribution in [0.15, 0.2) is 29.2 Å². The lowest BCUT2D eigenvalue weighted by Crippen LogP contribution is -2.25. The first-order chi connectivity index (χ1) is 7.08. The second kappa shape index (κ2) is 5.49. The van der Waals surface area contributed by atoms with E-state index in [0.717, 1.165) is 5.56 Å². The summed E-state index contributed by atoms with van der Waals surface area (Å²) in [6.45, 7) is 2.15. The lowest BCUT2D eigenvalue weighted by Gasteiger charge is -2.07. The van der Waals surface area contributed by atoms with Gasteiger partial charge in [-0.15, -0.1) is 11.6 Å². The van der Waals surface area contributed by atoms with Crippen LogP contribution in [0, 0.1) is 6.92 Å². The van der Waals surface area contributed by atoms with Gasteiger partial charge in [0, 0.05) is 12.4 Å². The molecular weight excluding hydrogens is 234 g/mol. The molecule has 0 spiro atoms. The van der Waals surface area contributed by atoms with E-state index in [1.807, 2.05) is 6.07 Å². The van der Waals surface area contributed by atoms with Gasteiger partial charge in [0.15, 0.2) is 0 Å². The normalized spacial score (nSPS) is 11.6. The molecule has 15 heavy (non-hydrogen) atoms. The second-order valence-corrected chi connectivity index (χ2v) is 5.32. The SMILES string of the molecule is Cc1ccccc1S(=O)(=O)NCCCCl. The summed E-state index contributed by atoms with van der Waals surface area (Å²) in [5.74, 6) is 0.455. The van der Waals surface area contributed by atoms with Gasteiger partial charge in [-0.3, -0.25) is 0 Å². The lowest BCUT2D eigenvalue weighted by molar-refractivity contribution is 0.580. The summed E-state index contributed by atoms with van der Waals surface area (Å²) in [5.41, 5.74) is 0.746. The van der Waals surface area contributed by atoms with Crippen molar-refractivity contribution in [3.8, 4) is 0 Å². The van der Waals surface area contributed by atoms with Gasteiger partial charge in [-0.05, 0) is 25.0 Å². The third-order valence-corrected chi connectivity index (χ3v) is 3.87. The van der Waals surface area contributed by atoms with Gasteiger partial charge in [-0.1, -0.05) is 18.2 Å². The average Bonchev–Trinajstić information content (AvgIpc) is 2.18. The zero-order valence-corrected chi connectivity index (χ0v) is 10.1. The molecule has 0 saturated heterocycles. The van der Waals surface area contributed by atoms with Gasteiger partial charge in [0.25, 0.3) is 0 Å². The maximum atomic E-state index is 11.8. The van der Waals surface area contributed by atoms with Crippen molar-refractivity contribution in [1.29, 1.82) is 0 Å². The fourth-order valence-corrected chi connectivity index (χ4v) is 2.66. The summed E-state index contributed by atoms with van der Waals surface area (Å²) < 4.78 is 26.1. The molecule has 0 saturated carbocycles. The molecule has 0 aliphatic heterocycles. The van der Waals surface area contributed by atoms with Crippen LogP contribution in [0.25, 0.3) is 0 Å². The minimum Gasteiger partial charge on any atom is -0.211 e. The highest BCUT2D eigenvalue weighted by molar-refractivity contribution is 7.89. The number of nitrogens with one attached hydrogen (secondary N) is 1. The molecule has 0 atom stereocenters. The van der Waals surface area contributed by atoms with Crippen LogP contribution in [-0.4, -0.2) is 20.8 Å². The van der Waals surface area contributed by atoms with Crippen LogP contribution >= 0.6 is 11.6 Å². The molecule has 84 valence electrons. The summed E-state index contributed by atoms with van der Waals surface area (Å²) in [6, 6.07) is 6.89. The molecule has 1 aromatic carbocycles. The Labute approximate surface area is 95.5 Å². The number of rotatable bonds is 5. The molecule has 0 radical (unpaired) electrons. The third-order valence-electron chi connectivity index (χ3n) is 1.99. The molecule has 0 aliphatic rings. The third kappa shape index (κ3) is 3.48. The van der Waals surface area contributed by atoms with Gasteiger partial charge in [-0.2, -0.15) is 0 Å². The second-order valence-electron chi connectivity index (χ2n) is 3.21. The maximum Gasteiger partial charge on any atom is 0.240 e. The topological polar surface area (TPSA) is 46.2 Å². The summed E-state index contributed by atoms with van der Waals surface area (Å²) in [7, 11) is -3.37. The Hall–Kier alpha value is -0.580. The van der Waals surface area contributed by atoms with Crippen molar-refractivity contribution < 1.29 is 8.42 Å². The summed E-state index contributed by atoms with van der Waals surface area (Å²) >= 11 is 5.47. The number of benzene rings is 1. The number of sulfonamides is 1. The Balaban J connectivity index is 2.83. The van der Waals surface area contributed by atoms with E-state index in [4.69, 9.17) is 11.6 Å². The largest absolute Gasteiger partial charge is 0.240 e. The maximum absolute atomic E-state index is 11.8. The number of hydrogen-bond acceptors (Lipinski definition) is 2. The van der Waals surface area contributed by atoms with Crippen molar-refractivity contribution in [1.82, 2.24) is 4.72 Å². The molecule has 0 amide bonds. The Bertz CT molecular complexity index is 417. The molecule has 0 heterocycles. The van der Waals surface area contributed by atoms with Crippen LogP contribution < -0.4 is 4.72 Å². The Morgan fingerprint density at radius 1 is 1.33 bits per heavy atom. The highest BCUT2D eigenvalue weighted by Crippen LogP contribution is 2.13. The van der Waals surface area contributed by atoms with Crippen LogP contribution in [0.3, 0.4) is 0 Å². The van der Waals surface area contributed by atoms with Crippen molar-refractivity contribution in [2.75, 3.05) is 12.4 Å². The van der Waals surface area contributed by atoms with Crippen LogP contribution in [-0.2, 0) is 10.0 Å². The highest BCUT2D eigenvalue weighted by Gasteiger charge is 2.14. The van der Waals surface area contributed by atoms with Gasteiger partial charge in [0.1, 0.15) is 0 Å². The van der Waals surface area contributed by atoms with Crippen molar-refractivity contribution in [2.45, 2.75) is 18.2 Å². The van der Waals surface area contributed by atoms with Gasteiger partial charge in [-0.25, -0.2) is 13.1 Å². The quantitative estimate of drug-likeness (QED) is 0.638. The van der Waals surface area contributed by atoms with E-state index in [9.17, 15) is 8.42 Å². The van der Waals surface area contributed by atoms with Crippen LogP contribution in [0.1, 0.15) is 12.0 Å². The molecule has 0 aliphatic carbocycles. The lowest BCUT2D eigenvalue weighted by atomic mass is 10.2. The van der Waals surface area contributed by atoms with Gasteiger partial charge < -0.3 is 0 Å². The fraction of sp³-hybridized carbons (Fsp3) is 0.400. The predicted molar refractivity (Wildman–Crippen MR) is 61.7 cm³/mol. The minimum absolute atomic E-state index is 0.333. The molecule has 0 fully saturated rings. The Morgan fingerprint density at radius 3 is 2.60 bits per heavy atom. The van der Waals surface area contributed by atoms with Gasteiger partial charge >= 0.3 is 0 Å². The summed E-state index contributed by atoms with van der Waals surface area (Å²) in [5, 5.41) is 0. The van der Waals surface area contributed by atoms with Crippen molar-refractivity contribution in [3.05, 3.63) is 29.8 Å². The van der Waals surface area contributed by atoms with E-state index in [-0.39, 0.29) is 0 Å². The van der Waals surface area contributed by atoms with E-state index < -0.39 is 10.0 Å². The molecule has 1 aromatic rings. The molecule has 0 bridgehead atoms. The van der Waals surface area contributed by atoms with Crippen LogP contribution in [0.5, 0.6) is 0 Å². The number of aryl methyl sites for hydroxylation is 1. The minimum atomic E-state index is -3.37. The Morgan fingerprint density at radius 2 is 2.00 bits per heavy atom. The zero-order chi connectivity index (χ0) is 11.3. The van der Waals surface area contributed by atoms with E-state index >= 15 is 0 Å².